The summed E-state index contributed by atoms with van der Waals surface area (Å²) in [5.74, 6) is 0.808. The quantitative estimate of drug-likeness (QED) is 0.835. The first-order chi connectivity index (χ1) is 13.2. The van der Waals surface area contributed by atoms with Gasteiger partial charge < -0.3 is 9.64 Å². The second kappa shape index (κ2) is 8.09. The molecule has 4 nitrogen and oxygen atoms in total. The van der Waals surface area contributed by atoms with Crippen molar-refractivity contribution in [2.75, 3.05) is 32.8 Å². The number of nitrogens with zero attached hydrogens (tertiary/aromatic N) is 2. The number of benzene rings is 2. The molecule has 4 rings (SSSR count). The van der Waals surface area contributed by atoms with Gasteiger partial charge >= 0.3 is 0 Å². The van der Waals surface area contributed by atoms with Crippen LogP contribution in [0.2, 0.25) is 0 Å². The molecule has 0 aliphatic carbocycles. The number of para-hydroxylation sites is 1. The fourth-order valence-electron chi connectivity index (χ4n) is 3.94. The third kappa shape index (κ3) is 4.30. The van der Waals surface area contributed by atoms with Crippen LogP contribution < -0.4 is 4.74 Å². The highest BCUT2D eigenvalue weighted by Gasteiger charge is 2.30. The van der Waals surface area contributed by atoms with E-state index in [2.05, 4.69) is 4.90 Å². The highest BCUT2D eigenvalue weighted by molar-refractivity contribution is 5.79. The highest BCUT2D eigenvalue weighted by Crippen LogP contribution is 2.28. The number of ether oxygens (including phenoxy) is 1. The molecule has 27 heavy (non-hydrogen) atoms. The van der Waals surface area contributed by atoms with Gasteiger partial charge in [0.2, 0.25) is 5.91 Å². The Morgan fingerprint density at radius 3 is 2.70 bits per heavy atom. The number of rotatable bonds is 3. The summed E-state index contributed by atoms with van der Waals surface area (Å²) in [6.07, 6.45) is 1.71. The molecule has 2 heterocycles. The van der Waals surface area contributed by atoms with E-state index in [1.807, 2.05) is 41.3 Å². The molecule has 0 saturated carbocycles. The lowest BCUT2D eigenvalue weighted by Crippen LogP contribution is -2.42. The topological polar surface area (TPSA) is 32.8 Å². The summed E-state index contributed by atoms with van der Waals surface area (Å²) < 4.78 is 18.9. The van der Waals surface area contributed by atoms with Gasteiger partial charge in [-0.2, -0.15) is 0 Å². The van der Waals surface area contributed by atoms with Crippen molar-refractivity contribution in [2.45, 2.75) is 19.4 Å². The summed E-state index contributed by atoms with van der Waals surface area (Å²) >= 11 is 0. The monoisotopic (exact) mass is 368 g/mol. The van der Waals surface area contributed by atoms with Gasteiger partial charge in [-0.15, -0.1) is 0 Å². The zero-order valence-corrected chi connectivity index (χ0v) is 15.4. The Morgan fingerprint density at radius 1 is 1.04 bits per heavy atom. The molecule has 1 unspecified atom stereocenters. The van der Waals surface area contributed by atoms with E-state index >= 15 is 0 Å². The van der Waals surface area contributed by atoms with Crippen LogP contribution in [0.1, 0.15) is 17.5 Å². The van der Waals surface area contributed by atoms with Crippen LogP contribution in [0.5, 0.6) is 5.75 Å². The van der Waals surface area contributed by atoms with E-state index in [-0.39, 0.29) is 17.6 Å². The Kier molecular flexibility index (Phi) is 5.39. The average molecular weight is 368 g/mol. The second-order valence-electron chi connectivity index (χ2n) is 7.40. The fourth-order valence-corrected chi connectivity index (χ4v) is 3.94. The molecule has 0 radical (unpaired) electrons. The maximum atomic E-state index is 13.1. The van der Waals surface area contributed by atoms with Crippen molar-refractivity contribution in [3.05, 3.63) is 65.5 Å². The third-order valence-electron chi connectivity index (χ3n) is 5.45. The van der Waals surface area contributed by atoms with E-state index in [9.17, 15) is 9.18 Å². The summed E-state index contributed by atoms with van der Waals surface area (Å²) in [5, 5.41) is 0. The second-order valence-corrected chi connectivity index (χ2v) is 7.40. The van der Waals surface area contributed by atoms with Crippen LogP contribution in [0, 0.1) is 11.7 Å². The maximum absolute atomic E-state index is 13.1. The van der Waals surface area contributed by atoms with Crippen molar-refractivity contribution >= 4 is 5.91 Å². The summed E-state index contributed by atoms with van der Waals surface area (Å²) in [6, 6.07) is 14.6. The molecule has 0 aromatic heterocycles. The number of hydrogen-bond acceptors (Lipinski definition) is 3. The molecule has 1 saturated heterocycles. The first kappa shape index (κ1) is 18.0. The van der Waals surface area contributed by atoms with Gasteiger partial charge in [0.15, 0.2) is 0 Å². The molecule has 0 spiro atoms. The zero-order chi connectivity index (χ0) is 18.6. The fraction of sp³-hybridized carbons (Fsp3) is 0.409. The summed E-state index contributed by atoms with van der Waals surface area (Å²) in [4.78, 5) is 17.3. The minimum absolute atomic E-state index is 0.0939. The summed E-state index contributed by atoms with van der Waals surface area (Å²) in [6.45, 7) is 4.57. The van der Waals surface area contributed by atoms with Crippen LogP contribution in [0.4, 0.5) is 4.39 Å². The van der Waals surface area contributed by atoms with Crippen LogP contribution >= 0.6 is 0 Å². The maximum Gasteiger partial charge on any atom is 0.229 e. The van der Waals surface area contributed by atoms with Crippen LogP contribution in [0.3, 0.4) is 0 Å². The van der Waals surface area contributed by atoms with E-state index in [1.165, 1.54) is 12.1 Å². The zero-order valence-electron chi connectivity index (χ0n) is 15.4. The predicted molar refractivity (Wildman–Crippen MR) is 102 cm³/mol. The van der Waals surface area contributed by atoms with Crippen LogP contribution in [-0.4, -0.2) is 48.5 Å². The van der Waals surface area contributed by atoms with Gasteiger partial charge in [-0.25, -0.2) is 4.39 Å². The number of amides is 1. The molecule has 5 heteroatoms. The van der Waals surface area contributed by atoms with Crippen LogP contribution in [-0.2, 0) is 17.8 Å². The lowest BCUT2D eigenvalue weighted by Gasteiger charge is -2.29. The first-order valence-electron chi connectivity index (χ1n) is 9.65. The molecule has 0 N–H and O–H groups in total. The van der Waals surface area contributed by atoms with Crippen molar-refractivity contribution in [3.63, 3.8) is 0 Å². The van der Waals surface area contributed by atoms with Gasteiger partial charge in [0, 0.05) is 32.7 Å². The van der Waals surface area contributed by atoms with Crippen LogP contribution in [0.15, 0.2) is 48.5 Å². The van der Waals surface area contributed by atoms with Gasteiger partial charge in [0.1, 0.15) is 18.2 Å². The Balaban J connectivity index is 1.34. The predicted octanol–water partition coefficient (Wildman–Crippen LogP) is 3.11. The lowest BCUT2D eigenvalue weighted by atomic mass is 9.95. The molecular formula is C22H25FN2O2. The Morgan fingerprint density at radius 2 is 1.85 bits per heavy atom. The Labute approximate surface area is 159 Å². The number of carbonyl (C=O) groups is 1. The number of hydrogen-bond donors (Lipinski definition) is 0. The number of carbonyl (C=O) groups excluding carboxylic acids is 1. The third-order valence-corrected chi connectivity index (χ3v) is 5.45. The normalized spacial score (nSPS) is 20.5. The smallest absolute Gasteiger partial charge is 0.229 e. The van der Waals surface area contributed by atoms with Crippen molar-refractivity contribution in [3.8, 4) is 5.75 Å². The van der Waals surface area contributed by atoms with Crippen molar-refractivity contribution in [1.29, 1.82) is 0 Å². The Bertz CT molecular complexity index is 793. The van der Waals surface area contributed by atoms with Gasteiger partial charge in [-0.1, -0.05) is 30.3 Å². The van der Waals surface area contributed by atoms with E-state index in [4.69, 9.17) is 4.74 Å². The van der Waals surface area contributed by atoms with E-state index in [0.717, 1.165) is 62.4 Å². The minimum Gasteiger partial charge on any atom is -0.492 e. The summed E-state index contributed by atoms with van der Waals surface area (Å²) in [5.41, 5.74) is 2.23. The summed E-state index contributed by atoms with van der Waals surface area (Å²) in [7, 11) is 0. The molecule has 2 aliphatic heterocycles. The molecule has 2 aromatic rings. The van der Waals surface area contributed by atoms with Gasteiger partial charge in [-0.3, -0.25) is 9.69 Å². The minimum atomic E-state index is -0.206. The van der Waals surface area contributed by atoms with E-state index < -0.39 is 0 Å². The molecule has 1 fully saturated rings. The van der Waals surface area contributed by atoms with Gasteiger partial charge in [0.05, 0.1) is 5.92 Å². The molecule has 0 bridgehead atoms. The van der Waals surface area contributed by atoms with E-state index in [1.54, 1.807) is 0 Å². The number of halogens is 1. The van der Waals surface area contributed by atoms with E-state index in [0.29, 0.717) is 6.61 Å². The molecule has 1 atom stereocenters. The first-order valence-corrected chi connectivity index (χ1v) is 9.65. The molecule has 1 amide bonds. The number of fused-ring (bicyclic) bond motifs is 1. The molecule has 2 aromatic carbocycles. The Hall–Kier alpha value is -2.40. The largest absolute Gasteiger partial charge is 0.492 e. The SMILES string of the molecule is O=C(C1COc2ccccc2C1)N1CCCN(Cc2ccc(F)cc2)CC1. The van der Waals surface area contributed by atoms with Crippen molar-refractivity contribution < 1.29 is 13.9 Å². The van der Waals surface area contributed by atoms with Crippen molar-refractivity contribution in [2.24, 2.45) is 5.92 Å². The van der Waals surface area contributed by atoms with Gasteiger partial charge in [-0.05, 0) is 42.2 Å². The van der Waals surface area contributed by atoms with Crippen molar-refractivity contribution in [1.82, 2.24) is 9.80 Å². The highest BCUT2D eigenvalue weighted by atomic mass is 19.1. The standard InChI is InChI=1S/C22H25FN2O2/c23-20-8-6-17(7-9-20)15-24-10-3-11-25(13-12-24)22(26)19-14-18-4-1-2-5-21(18)27-16-19/h1-2,4-9,19H,3,10-16H2. The average Bonchev–Trinajstić information content (AvgIpc) is 2.94. The molecular weight excluding hydrogens is 343 g/mol. The molecule has 142 valence electrons. The molecule has 2 aliphatic rings. The lowest BCUT2D eigenvalue weighted by molar-refractivity contribution is -0.136. The van der Waals surface area contributed by atoms with Crippen LogP contribution in [0.25, 0.3) is 0 Å². The van der Waals surface area contributed by atoms with Gasteiger partial charge in [0.25, 0.3) is 0 Å².